The molecule has 0 unspecified atom stereocenters. The van der Waals surface area contributed by atoms with Crippen LogP contribution in [0, 0.1) is 12.3 Å². The van der Waals surface area contributed by atoms with Gasteiger partial charge in [-0.2, -0.15) is 0 Å². The van der Waals surface area contributed by atoms with Crippen LogP contribution in [0.5, 0.6) is 0 Å². The molecule has 1 aromatic carbocycles. The van der Waals surface area contributed by atoms with Crippen LogP contribution >= 0.6 is 0 Å². The summed E-state index contributed by atoms with van der Waals surface area (Å²) in [4.78, 5) is 24.7. The Kier molecular flexibility index (Phi) is 4.04. The second kappa shape index (κ2) is 5.91. The number of urea groups is 1. The number of benzene rings is 1. The molecule has 0 aromatic heterocycles. The van der Waals surface area contributed by atoms with Gasteiger partial charge in [-0.05, 0) is 24.3 Å². The molecule has 0 spiro atoms. The van der Waals surface area contributed by atoms with Crippen LogP contribution in [0.15, 0.2) is 24.3 Å². The third-order valence-electron chi connectivity index (χ3n) is 2.75. The number of hydrogen-bond acceptors (Lipinski definition) is 3. The van der Waals surface area contributed by atoms with Crippen LogP contribution in [0.2, 0.25) is 0 Å². The van der Waals surface area contributed by atoms with E-state index in [-0.39, 0.29) is 12.6 Å². The Bertz CT molecular complexity index is 516. The van der Waals surface area contributed by atoms with Crippen LogP contribution in [0.25, 0.3) is 0 Å². The molecule has 1 heterocycles. The SMILES string of the molecule is C#CCCOC(=O)c1ccc(N2CCNC2=O)cc1. The molecule has 5 heteroatoms. The van der Waals surface area contributed by atoms with E-state index < -0.39 is 5.97 Å². The maximum atomic E-state index is 11.6. The topological polar surface area (TPSA) is 58.6 Å². The monoisotopic (exact) mass is 258 g/mol. The van der Waals surface area contributed by atoms with Crippen LogP contribution in [-0.4, -0.2) is 31.7 Å². The number of carbonyl (C=O) groups is 2. The van der Waals surface area contributed by atoms with Crippen molar-refractivity contribution < 1.29 is 14.3 Å². The zero-order chi connectivity index (χ0) is 13.7. The third kappa shape index (κ3) is 3.05. The summed E-state index contributed by atoms with van der Waals surface area (Å²) in [6.07, 6.45) is 5.47. The molecule has 5 nitrogen and oxygen atoms in total. The largest absolute Gasteiger partial charge is 0.461 e. The number of ether oxygens (including phenoxy) is 1. The molecular weight excluding hydrogens is 244 g/mol. The maximum Gasteiger partial charge on any atom is 0.338 e. The van der Waals surface area contributed by atoms with E-state index in [4.69, 9.17) is 11.2 Å². The summed E-state index contributed by atoms with van der Waals surface area (Å²) in [7, 11) is 0. The van der Waals surface area contributed by atoms with E-state index >= 15 is 0 Å². The summed E-state index contributed by atoms with van der Waals surface area (Å²) in [5.41, 5.74) is 1.20. The van der Waals surface area contributed by atoms with Crippen LogP contribution in [0.3, 0.4) is 0 Å². The Hall–Kier alpha value is -2.48. The standard InChI is InChI=1S/C14H14N2O3/c1-2-3-10-19-13(17)11-4-6-12(7-5-11)16-9-8-15-14(16)18/h1,4-7H,3,8-10H2,(H,15,18). The lowest BCUT2D eigenvalue weighted by atomic mass is 10.2. The highest BCUT2D eigenvalue weighted by atomic mass is 16.5. The van der Waals surface area contributed by atoms with Gasteiger partial charge in [-0.25, -0.2) is 9.59 Å². The normalized spacial score (nSPS) is 13.8. The average Bonchev–Trinajstić information content (AvgIpc) is 2.85. The predicted octanol–water partition coefficient (Wildman–Crippen LogP) is 1.40. The molecule has 1 N–H and O–H groups in total. The number of anilines is 1. The highest BCUT2D eigenvalue weighted by molar-refractivity contribution is 5.95. The Morgan fingerprint density at radius 1 is 1.42 bits per heavy atom. The van der Waals surface area contributed by atoms with Gasteiger partial charge in [-0.1, -0.05) is 0 Å². The van der Waals surface area contributed by atoms with Crippen molar-refractivity contribution in [2.45, 2.75) is 6.42 Å². The smallest absolute Gasteiger partial charge is 0.338 e. The number of nitrogens with one attached hydrogen (secondary N) is 1. The van der Waals surface area contributed by atoms with E-state index in [2.05, 4.69) is 11.2 Å². The first-order valence-corrected chi connectivity index (χ1v) is 5.98. The van der Waals surface area contributed by atoms with Crippen molar-refractivity contribution in [3.63, 3.8) is 0 Å². The molecule has 0 radical (unpaired) electrons. The molecule has 0 saturated carbocycles. The molecule has 19 heavy (non-hydrogen) atoms. The maximum absolute atomic E-state index is 11.6. The van der Waals surface area contributed by atoms with Crippen molar-refractivity contribution in [1.82, 2.24) is 5.32 Å². The highest BCUT2D eigenvalue weighted by Gasteiger charge is 2.21. The summed E-state index contributed by atoms with van der Waals surface area (Å²) in [5, 5.41) is 2.72. The first kappa shape index (κ1) is 13.0. The van der Waals surface area contributed by atoms with Crippen molar-refractivity contribution in [3.8, 4) is 12.3 Å². The molecule has 1 saturated heterocycles. The summed E-state index contributed by atoms with van der Waals surface area (Å²) in [6.45, 7) is 1.48. The summed E-state index contributed by atoms with van der Waals surface area (Å²) < 4.78 is 4.98. The fourth-order valence-corrected chi connectivity index (χ4v) is 1.78. The van der Waals surface area contributed by atoms with Crippen molar-refractivity contribution in [1.29, 1.82) is 0 Å². The molecule has 0 atom stereocenters. The second-order valence-electron chi connectivity index (χ2n) is 4.02. The van der Waals surface area contributed by atoms with Crippen molar-refractivity contribution in [2.75, 3.05) is 24.6 Å². The van der Waals surface area contributed by atoms with Crippen LogP contribution < -0.4 is 10.2 Å². The Morgan fingerprint density at radius 3 is 2.74 bits per heavy atom. The number of nitrogens with zero attached hydrogens (tertiary/aromatic N) is 1. The lowest BCUT2D eigenvalue weighted by molar-refractivity contribution is 0.0514. The van der Waals surface area contributed by atoms with Crippen LogP contribution in [0.1, 0.15) is 16.8 Å². The van der Waals surface area contributed by atoms with Gasteiger partial charge in [0.25, 0.3) is 0 Å². The molecule has 1 aliphatic heterocycles. The number of rotatable bonds is 4. The molecule has 2 amide bonds. The van der Waals surface area contributed by atoms with Gasteiger partial charge in [0.1, 0.15) is 6.61 Å². The highest BCUT2D eigenvalue weighted by Crippen LogP contribution is 2.17. The first-order chi connectivity index (χ1) is 9.22. The van der Waals surface area contributed by atoms with Gasteiger partial charge < -0.3 is 10.1 Å². The number of terminal acetylenes is 1. The van der Waals surface area contributed by atoms with E-state index in [0.29, 0.717) is 25.1 Å². The molecule has 98 valence electrons. The molecule has 1 fully saturated rings. The first-order valence-electron chi connectivity index (χ1n) is 5.98. The van der Waals surface area contributed by atoms with Crippen LogP contribution in [0.4, 0.5) is 10.5 Å². The van der Waals surface area contributed by atoms with Gasteiger partial charge in [0.15, 0.2) is 0 Å². The van der Waals surface area contributed by atoms with E-state index in [9.17, 15) is 9.59 Å². The fraction of sp³-hybridized carbons (Fsp3) is 0.286. The quantitative estimate of drug-likeness (QED) is 0.504. The zero-order valence-corrected chi connectivity index (χ0v) is 10.4. The molecule has 0 bridgehead atoms. The lowest BCUT2D eigenvalue weighted by Gasteiger charge is -2.14. The van der Waals surface area contributed by atoms with Gasteiger partial charge in [0.05, 0.1) is 5.56 Å². The van der Waals surface area contributed by atoms with E-state index in [1.54, 1.807) is 29.2 Å². The summed E-state index contributed by atoms with van der Waals surface area (Å²) in [5.74, 6) is 1.99. The van der Waals surface area contributed by atoms with Gasteiger partial charge >= 0.3 is 12.0 Å². The third-order valence-corrected chi connectivity index (χ3v) is 2.75. The minimum absolute atomic E-state index is 0.121. The van der Waals surface area contributed by atoms with E-state index in [1.165, 1.54) is 0 Å². The molecule has 2 rings (SSSR count). The van der Waals surface area contributed by atoms with Gasteiger partial charge in [0, 0.05) is 25.2 Å². The summed E-state index contributed by atoms with van der Waals surface area (Å²) >= 11 is 0. The van der Waals surface area contributed by atoms with Gasteiger partial charge in [-0.15, -0.1) is 12.3 Å². The van der Waals surface area contributed by atoms with Gasteiger partial charge in [-0.3, -0.25) is 4.90 Å². The zero-order valence-electron chi connectivity index (χ0n) is 10.4. The van der Waals surface area contributed by atoms with E-state index in [1.807, 2.05) is 0 Å². The second-order valence-corrected chi connectivity index (χ2v) is 4.02. The number of esters is 1. The number of amides is 2. The Balaban J connectivity index is 2.00. The van der Waals surface area contributed by atoms with E-state index in [0.717, 1.165) is 5.69 Å². The molecule has 0 aliphatic carbocycles. The van der Waals surface area contributed by atoms with Crippen molar-refractivity contribution >= 4 is 17.7 Å². The van der Waals surface area contributed by atoms with Crippen LogP contribution in [-0.2, 0) is 4.74 Å². The number of hydrogen-bond donors (Lipinski definition) is 1. The Labute approximate surface area is 111 Å². The summed E-state index contributed by atoms with van der Waals surface area (Å²) in [6, 6.07) is 6.60. The molecule has 1 aliphatic rings. The Morgan fingerprint density at radius 2 is 2.16 bits per heavy atom. The minimum atomic E-state index is -0.410. The van der Waals surface area contributed by atoms with Gasteiger partial charge in [0.2, 0.25) is 0 Å². The lowest BCUT2D eigenvalue weighted by Crippen LogP contribution is -2.27. The molecular formula is C14H14N2O3. The molecule has 1 aromatic rings. The fourth-order valence-electron chi connectivity index (χ4n) is 1.78. The minimum Gasteiger partial charge on any atom is -0.461 e. The predicted molar refractivity (Wildman–Crippen MR) is 70.9 cm³/mol. The van der Waals surface area contributed by atoms with Crippen molar-refractivity contribution in [3.05, 3.63) is 29.8 Å². The van der Waals surface area contributed by atoms with Crippen molar-refractivity contribution in [2.24, 2.45) is 0 Å². The number of carbonyl (C=O) groups excluding carboxylic acids is 2. The average molecular weight is 258 g/mol.